The Morgan fingerprint density at radius 1 is 1.37 bits per heavy atom. The van der Waals surface area contributed by atoms with Gasteiger partial charge in [-0.1, -0.05) is 11.5 Å². The molecular weight excluding hydrogens is 359 g/mol. The molecule has 0 aliphatic heterocycles. The Bertz CT molecular complexity index is 931. The highest BCUT2D eigenvalue weighted by atomic mass is 19.1. The lowest BCUT2D eigenvalue weighted by molar-refractivity contribution is -0.0956. The van der Waals surface area contributed by atoms with E-state index in [2.05, 4.69) is 10.8 Å². The summed E-state index contributed by atoms with van der Waals surface area (Å²) in [7, 11) is 6.73. The molecule has 0 atom stereocenters. The minimum atomic E-state index is -1.28. The molecule has 0 fully saturated rings. The number of carbonyl (C=O) groups excluding carboxylic acids is 1. The average Bonchev–Trinajstić information content (AvgIpc) is 2.61. The molecule has 1 heterocycles. The predicted molar refractivity (Wildman–Crippen MR) is 96.4 cm³/mol. The third-order valence-electron chi connectivity index (χ3n) is 3.62. The molecule has 0 aliphatic rings. The van der Waals surface area contributed by atoms with Crippen molar-refractivity contribution in [2.24, 2.45) is 7.05 Å². The fraction of sp³-hybridized carbons (Fsp3) is 0.294. The van der Waals surface area contributed by atoms with E-state index in [4.69, 9.17) is 17.8 Å². The number of hydroxylamine groups is 1. The van der Waals surface area contributed by atoms with Crippen LogP contribution >= 0.6 is 0 Å². The fourth-order valence-corrected chi connectivity index (χ4v) is 2.03. The molecule has 27 heavy (non-hydrogen) atoms. The minimum Gasteiger partial charge on any atom is -0.393 e. The van der Waals surface area contributed by atoms with Crippen molar-refractivity contribution in [3.05, 3.63) is 51.9 Å². The number of rotatable bonds is 6. The van der Waals surface area contributed by atoms with Crippen molar-refractivity contribution in [2.75, 3.05) is 11.9 Å². The molecule has 1 aromatic carbocycles. The Morgan fingerprint density at radius 2 is 2.04 bits per heavy atom. The number of carbonyl (C=O) groups is 1. The maximum absolute atomic E-state index is 14.5. The molecule has 2 rings (SSSR count). The van der Waals surface area contributed by atoms with E-state index in [-0.39, 0.29) is 16.7 Å². The summed E-state index contributed by atoms with van der Waals surface area (Å²) in [6.45, 7) is 2.63. The first-order chi connectivity index (χ1) is 12.6. The summed E-state index contributed by atoms with van der Waals surface area (Å²) in [6.07, 6.45) is 1.08. The Balaban J connectivity index is 2.45. The van der Waals surface area contributed by atoms with Crippen LogP contribution in [0, 0.1) is 11.6 Å². The SMILES string of the molecule is [B]c1ccc(Nc2c(C(=O)NOC(C)(C)CO)cn(C)c(=O)c2F)c(F)c1. The predicted octanol–water partition coefficient (Wildman–Crippen LogP) is 0.633. The smallest absolute Gasteiger partial charge is 0.288 e. The summed E-state index contributed by atoms with van der Waals surface area (Å²) in [5.74, 6) is -2.97. The van der Waals surface area contributed by atoms with Gasteiger partial charge in [0.1, 0.15) is 19.3 Å². The van der Waals surface area contributed by atoms with Gasteiger partial charge in [-0.2, -0.15) is 4.39 Å². The van der Waals surface area contributed by atoms with Crippen LogP contribution in [0.4, 0.5) is 20.2 Å². The first kappa shape index (κ1) is 20.6. The zero-order valence-electron chi connectivity index (χ0n) is 15.0. The molecule has 7 nitrogen and oxygen atoms in total. The van der Waals surface area contributed by atoms with Crippen LogP contribution in [-0.2, 0) is 11.9 Å². The van der Waals surface area contributed by atoms with Gasteiger partial charge in [0.05, 0.1) is 23.5 Å². The van der Waals surface area contributed by atoms with Crippen LogP contribution in [0.15, 0.2) is 29.2 Å². The molecule has 1 amide bonds. The maximum Gasteiger partial charge on any atom is 0.288 e. The fourth-order valence-electron chi connectivity index (χ4n) is 2.03. The van der Waals surface area contributed by atoms with Crippen molar-refractivity contribution in [3.8, 4) is 0 Å². The van der Waals surface area contributed by atoms with E-state index in [1.54, 1.807) is 0 Å². The molecule has 2 aromatic rings. The second-order valence-corrected chi connectivity index (χ2v) is 6.46. The van der Waals surface area contributed by atoms with Gasteiger partial charge in [-0.15, -0.1) is 0 Å². The van der Waals surface area contributed by atoms with Crippen molar-refractivity contribution in [1.82, 2.24) is 10.0 Å². The van der Waals surface area contributed by atoms with Gasteiger partial charge in [0.15, 0.2) is 0 Å². The lowest BCUT2D eigenvalue weighted by atomic mass is 9.96. The number of aromatic nitrogens is 1. The molecule has 142 valence electrons. The highest BCUT2D eigenvalue weighted by Crippen LogP contribution is 2.24. The monoisotopic (exact) mass is 377 g/mol. The van der Waals surface area contributed by atoms with E-state index in [9.17, 15) is 18.4 Å². The van der Waals surface area contributed by atoms with E-state index in [0.29, 0.717) is 0 Å². The number of halogens is 2. The number of hydrogen-bond donors (Lipinski definition) is 3. The van der Waals surface area contributed by atoms with Crippen LogP contribution in [0.5, 0.6) is 0 Å². The van der Waals surface area contributed by atoms with E-state index in [1.807, 2.05) is 0 Å². The molecule has 0 unspecified atom stereocenters. The summed E-state index contributed by atoms with van der Waals surface area (Å²) in [6, 6.07) is 3.62. The van der Waals surface area contributed by atoms with E-state index >= 15 is 0 Å². The summed E-state index contributed by atoms with van der Waals surface area (Å²) < 4.78 is 29.4. The summed E-state index contributed by atoms with van der Waals surface area (Å²) in [4.78, 5) is 29.4. The zero-order valence-corrected chi connectivity index (χ0v) is 15.0. The Kier molecular flexibility index (Phi) is 6.02. The number of aliphatic hydroxyl groups excluding tert-OH is 1. The lowest BCUT2D eigenvalue weighted by Crippen LogP contribution is -2.39. The molecule has 3 N–H and O–H groups in total. The largest absolute Gasteiger partial charge is 0.393 e. The molecule has 0 saturated carbocycles. The maximum atomic E-state index is 14.5. The summed E-state index contributed by atoms with van der Waals surface area (Å²) >= 11 is 0. The van der Waals surface area contributed by atoms with Gasteiger partial charge in [0.2, 0.25) is 5.82 Å². The molecular formula is C17H18BF2N3O4. The van der Waals surface area contributed by atoms with Gasteiger partial charge in [-0.25, -0.2) is 9.87 Å². The molecule has 10 heteroatoms. The first-order valence-electron chi connectivity index (χ1n) is 7.86. The van der Waals surface area contributed by atoms with Gasteiger partial charge in [-0.05, 0) is 26.0 Å². The van der Waals surface area contributed by atoms with Crippen LogP contribution in [0.1, 0.15) is 24.2 Å². The lowest BCUT2D eigenvalue weighted by Gasteiger charge is -2.22. The Morgan fingerprint density at radius 3 is 2.63 bits per heavy atom. The number of amides is 1. The number of aryl methyl sites for hydroxylation is 1. The van der Waals surface area contributed by atoms with Crippen molar-refractivity contribution in [1.29, 1.82) is 0 Å². The second-order valence-electron chi connectivity index (χ2n) is 6.46. The molecule has 0 aliphatic carbocycles. The quantitative estimate of drug-likeness (QED) is 0.508. The zero-order chi connectivity index (χ0) is 20.4. The average molecular weight is 377 g/mol. The normalized spacial score (nSPS) is 11.3. The van der Waals surface area contributed by atoms with Gasteiger partial charge in [-0.3, -0.25) is 14.4 Å². The molecule has 0 bridgehead atoms. The summed E-state index contributed by atoms with van der Waals surface area (Å²) in [5.41, 5.74) is -0.880. The number of pyridine rings is 1. The van der Waals surface area contributed by atoms with Crippen LogP contribution in [0.25, 0.3) is 0 Å². The van der Waals surface area contributed by atoms with Crippen molar-refractivity contribution >= 4 is 30.6 Å². The number of nitrogens with zero attached hydrogens (tertiary/aromatic N) is 1. The number of hydrogen-bond acceptors (Lipinski definition) is 5. The molecule has 0 saturated heterocycles. The summed E-state index contributed by atoms with van der Waals surface area (Å²) in [5, 5.41) is 11.6. The highest BCUT2D eigenvalue weighted by molar-refractivity contribution is 6.32. The third-order valence-corrected chi connectivity index (χ3v) is 3.62. The number of benzene rings is 1. The van der Waals surface area contributed by atoms with E-state index < -0.39 is 41.0 Å². The van der Waals surface area contributed by atoms with Crippen LogP contribution < -0.4 is 21.8 Å². The van der Waals surface area contributed by atoms with Crippen molar-refractivity contribution < 1.29 is 23.5 Å². The number of aliphatic hydroxyl groups is 1. The first-order valence-corrected chi connectivity index (χ1v) is 7.86. The third kappa shape index (κ3) is 4.72. The molecule has 0 spiro atoms. The van der Waals surface area contributed by atoms with Gasteiger partial charge >= 0.3 is 0 Å². The van der Waals surface area contributed by atoms with Crippen molar-refractivity contribution in [2.45, 2.75) is 19.4 Å². The van der Waals surface area contributed by atoms with Crippen LogP contribution in [0.3, 0.4) is 0 Å². The topological polar surface area (TPSA) is 92.6 Å². The van der Waals surface area contributed by atoms with Gasteiger partial charge < -0.3 is 15.0 Å². The molecule has 1 aromatic heterocycles. The Labute approximate surface area is 155 Å². The number of anilines is 2. The van der Waals surface area contributed by atoms with Crippen molar-refractivity contribution in [3.63, 3.8) is 0 Å². The minimum absolute atomic E-state index is 0.153. The van der Waals surface area contributed by atoms with E-state index in [1.165, 1.54) is 33.0 Å². The van der Waals surface area contributed by atoms with E-state index in [0.717, 1.165) is 16.8 Å². The van der Waals surface area contributed by atoms with Gasteiger partial charge in [0.25, 0.3) is 11.5 Å². The van der Waals surface area contributed by atoms with Gasteiger partial charge in [0, 0.05) is 13.2 Å². The standard InChI is InChI=1S/C17H18BF2N3O4/c1-17(2,8-24)27-22-15(25)10-7-23(3)16(26)13(20)14(10)21-12-5-4-9(18)6-11(12)19/h4-7,21,24H,8H2,1-3H3,(H,22,25). The second kappa shape index (κ2) is 7.89. The molecule has 2 radical (unpaired) electrons. The van der Waals surface area contributed by atoms with Crippen LogP contribution in [-0.4, -0.2) is 35.6 Å². The highest BCUT2D eigenvalue weighted by Gasteiger charge is 2.24. The number of nitrogens with one attached hydrogen (secondary N) is 2. The van der Waals surface area contributed by atoms with Crippen LogP contribution in [0.2, 0.25) is 0 Å². The Hall–Kier alpha value is -2.72.